The number of ether oxygens (including phenoxy) is 1. The monoisotopic (exact) mass is 437 g/mol. The summed E-state index contributed by atoms with van der Waals surface area (Å²) in [7, 11) is 0. The van der Waals surface area contributed by atoms with Crippen molar-refractivity contribution in [1.82, 2.24) is 15.3 Å². The maximum absolute atomic E-state index is 11.1. The smallest absolute Gasteiger partial charge is 0.335 e. The van der Waals surface area contributed by atoms with E-state index >= 15 is 0 Å². The van der Waals surface area contributed by atoms with E-state index in [0.717, 1.165) is 24.0 Å². The van der Waals surface area contributed by atoms with E-state index in [0.29, 0.717) is 17.3 Å². The zero-order valence-electron chi connectivity index (χ0n) is 19.2. The molecule has 0 spiro atoms. The van der Waals surface area contributed by atoms with Crippen molar-refractivity contribution in [3.8, 4) is 11.3 Å². The van der Waals surface area contributed by atoms with Gasteiger partial charge in [0, 0.05) is 30.2 Å². The molecular formula is C24H31N5O3. The van der Waals surface area contributed by atoms with Crippen molar-refractivity contribution in [2.75, 3.05) is 5.32 Å². The fraction of sp³-hybridized carbons (Fsp3) is 0.417. The quantitative estimate of drug-likeness (QED) is 0.474. The second-order valence-corrected chi connectivity index (χ2v) is 9.37. The van der Waals surface area contributed by atoms with Gasteiger partial charge in [0.1, 0.15) is 0 Å². The lowest BCUT2D eigenvalue weighted by molar-refractivity contribution is -0.163. The summed E-state index contributed by atoms with van der Waals surface area (Å²) in [6, 6.07) is 6.78. The Labute approximate surface area is 188 Å². The van der Waals surface area contributed by atoms with Crippen LogP contribution in [0.3, 0.4) is 0 Å². The van der Waals surface area contributed by atoms with E-state index in [-0.39, 0.29) is 22.8 Å². The van der Waals surface area contributed by atoms with Gasteiger partial charge in [0.25, 0.3) is 0 Å². The first kappa shape index (κ1) is 23.4. The van der Waals surface area contributed by atoms with Crippen LogP contribution in [0.25, 0.3) is 11.3 Å². The SMILES string of the molecule is Cc1cnc(N/C(C=N)=C/NC2CC(C)(C)OC(C)(C)C2)nc1-c1ccc(C(=O)O)cc1. The minimum atomic E-state index is -0.970. The summed E-state index contributed by atoms with van der Waals surface area (Å²) in [5.74, 6) is -0.611. The molecule has 170 valence electrons. The number of benzene rings is 1. The predicted octanol–water partition coefficient (Wildman–Crippen LogP) is 4.38. The number of hydrogen-bond donors (Lipinski definition) is 4. The van der Waals surface area contributed by atoms with Gasteiger partial charge in [0.15, 0.2) is 0 Å². The average molecular weight is 438 g/mol. The molecule has 3 rings (SSSR count). The van der Waals surface area contributed by atoms with E-state index in [4.69, 9.17) is 15.3 Å². The maximum Gasteiger partial charge on any atom is 0.335 e. The second kappa shape index (κ2) is 9.08. The zero-order valence-corrected chi connectivity index (χ0v) is 19.2. The molecule has 0 radical (unpaired) electrons. The number of aromatic carboxylic acids is 1. The van der Waals surface area contributed by atoms with Gasteiger partial charge in [-0.15, -0.1) is 0 Å². The summed E-state index contributed by atoms with van der Waals surface area (Å²) >= 11 is 0. The number of carboxylic acids is 1. The van der Waals surface area contributed by atoms with Gasteiger partial charge in [0.05, 0.1) is 28.2 Å². The third-order valence-electron chi connectivity index (χ3n) is 5.29. The fourth-order valence-electron chi connectivity index (χ4n) is 4.22. The van der Waals surface area contributed by atoms with Crippen LogP contribution in [0.1, 0.15) is 56.5 Å². The molecule has 0 aliphatic carbocycles. The van der Waals surface area contributed by atoms with Crippen LogP contribution in [-0.2, 0) is 4.74 Å². The molecule has 0 amide bonds. The summed E-state index contributed by atoms with van der Waals surface area (Å²) < 4.78 is 6.13. The average Bonchev–Trinajstić information content (AvgIpc) is 2.70. The predicted molar refractivity (Wildman–Crippen MR) is 125 cm³/mol. The summed E-state index contributed by atoms with van der Waals surface area (Å²) in [5.41, 5.74) is 2.66. The number of anilines is 1. The topological polar surface area (TPSA) is 120 Å². The van der Waals surface area contributed by atoms with Crippen molar-refractivity contribution in [2.24, 2.45) is 0 Å². The van der Waals surface area contributed by atoms with Crippen molar-refractivity contribution in [3.05, 3.63) is 53.5 Å². The molecule has 1 fully saturated rings. The van der Waals surface area contributed by atoms with Gasteiger partial charge in [-0.25, -0.2) is 14.8 Å². The number of allylic oxidation sites excluding steroid dienone is 1. The first-order valence-electron chi connectivity index (χ1n) is 10.6. The summed E-state index contributed by atoms with van der Waals surface area (Å²) in [6.45, 7) is 10.3. The van der Waals surface area contributed by atoms with Crippen LogP contribution in [0, 0.1) is 12.3 Å². The molecule has 2 aromatic rings. The molecule has 4 N–H and O–H groups in total. The number of carboxylic acid groups (broad SMARTS) is 1. The van der Waals surface area contributed by atoms with Crippen molar-refractivity contribution in [2.45, 2.75) is 64.7 Å². The van der Waals surface area contributed by atoms with Gasteiger partial charge in [-0.2, -0.15) is 0 Å². The lowest BCUT2D eigenvalue weighted by Crippen LogP contribution is -2.50. The van der Waals surface area contributed by atoms with E-state index < -0.39 is 5.97 Å². The van der Waals surface area contributed by atoms with E-state index in [1.807, 2.05) is 6.92 Å². The van der Waals surface area contributed by atoms with Gasteiger partial charge >= 0.3 is 5.97 Å². The Morgan fingerprint density at radius 3 is 2.38 bits per heavy atom. The Balaban J connectivity index is 1.76. The van der Waals surface area contributed by atoms with Crippen molar-refractivity contribution in [3.63, 3.8) is 0 Å². The highest BCUT2D eigenvalue weighted by molar-refractivity contribution is 5.88. The van der Waals surface area contributed by atoms with Gasteiger partial charge in [-0.3, -0.25) is 0 Å². The molecule has 1 aromatic carbocycles. The molecule has 8 nitrogen and oxygen atoms in total. The summed E-state index contributed by atoms with van der Waals surface area (Å²) in [6.07, 6.45) is 6.41. The molecule has 1 aliphatic heterocycles. The molecule has 1 aromatic heterocycles. The van der Waals surface area contributed by atoms with Crippen LogP contribution in [0.4, 0.5) is 5.95 Å². The maximum atomic E-state index is 11.1. The fourth-order valence-corrected chi connectivity index (χ4v) is 4.22. The van der Waals surface area contributed by atoms with Gasteiger partial charge in [-0.1, -0.05) is 12.1 Å². The van der Waals surface area contributed by atoms with Crippen LogP contribution in [-0.4, -0.2) is 44.5 Å². The zero-order chi connectivity index (χ0) is 23.5. The third kappa shape index (κ3) is 5.91. The van der Waals surface area contributed by atoms with E-state index in [1.165, 1.54) is 6.21 Å². The van der Waals surface area contributed by atoms with Crippen molar-refractivity contribution >= 4 is 18.1 Å². The Morgan fingerprint density at radius 1 is 1.19 bits per heavy atom. The normalized spacial score (nSPS) is 18.1. The molecule has 1 saturated heterocycles. The van der Waals surface area contributed by atoms with Gasteiger partial charge in [-0.05, 0) is 65.2 Å². The van der Waals surface area contributed by atoms with Crippen LogP contribution in [0.15, 0.2) is 42.4 Å². The van der Waals surface area contributed by atoms with Gasteiger partial charge in [0.2, 0.25) is 5.95 Å². The van der Waals surface area contributed by atoms with E-state index in [1.54, 1.807) is 36.7 Å². The lowest BCUT2D eigenvalue weighted by Gasteiger charge is -2.45. The Kier molecular flexibility index (Phi) is 6.64. The summed E-state index contributed by atoms with van der Waals surface area (Å²) in [5, 5.41) is 23.4. The minimum absolute atomic E-state index is 0.216. The van der Waals surface area contributed by atoms with Gasteiger partial charge < -0.3 is 25.9 Å². The molecule has 8 heteroatoms. The lowest BCUT2D eigenvalue weighted by atomic mass is 9.85. The first-order valence-corrected chi connectivity index (χ1v) is 10.6. The third-order valence-corrected chi connectivity index (χ3v) is 5.29. The largest absolute Gasteiger partial charge is 0.478 e. The van der Waals surface area contributed by atoms with Crippen LogP contribution >= 0.6 is 0 Å². The van der Waals surface area contributed by atoms with Crippen molar-refractivity contribution in [1.29, 1.82) is 5.41 Å². The van der Waals surface area contributed by atoms with Crippen molar-refractivity contribution < 1.29 is 14.6 Å². The summed E-state index contributed by atoms with van der Waals surface area (Å²) in [4.78, 5) is 20.0. The number of rotatable bonds is 7. The molecule has 1 aliphatic rings. The van der Waals surface area contributed by atoms with Crippen LogP contribution in [0.5, 0.6) is 0 Å². The van der Waals surface area contributed by atoms with E-state index in [9.17, 15) is 4.79 Å². The van der Waals surface area contributed by atoms with Crippen LogP contribution < -0.4 is 10.6 Å². The molecule has 0 unspecified atom stereocenters. The molecule has 32 heavy (non-hydrogen) atoms. The Morgan fingerprint density at radius 2 is 1.81 bits per heavy atom. The highest BCUT2D eigenvalue weighted by Gasteiger charge is 2.38. The molecule has 0 bridgehead atoms. The molecule has 0 saturated carbocycles. The number of carbonyl (C=O) groups is 1. The standard InChI is InChI=1S/C24H31N5O3/c1-15-13-27-22(29-20(15)16-6-8-17(9-7-16)21(30)31)28-19(12-25)14-26-18-10-23(2,3)32-24(4,5)11-18/h6-9,12-14,18,25-26H,10-11H2,1-5H3,(H,30,31)(H,27,28,29)/b19-14+,25-12?. The minimum Gasteiger partial charge on any atom is -0.478 e. The number of nitrogens with one attached hydrogen (secondary N) is 3. The highest BCUT2D eigenvalue weighted by Crippen LogP contribution is 2.34. The molecular weight excluding hydrogens is 406 g/mol. The Bertz CT molecular complexity index is 1010. The highest BCUT2D eigenvalue weighted by atomic mass is 16.5. The Hall–Kier alpha value is -3.26. The van der Waals surface area contributed by atoms with E-state index in [2.05, 4.69) is 48.3 Å². The number of nitrogens with zero attached hydrogens (tertiary/aromatic N) is 2. The first-order chi connectivity index (χ1) is 15.0. The number of aromatic nitrogens is 2. The van der Waals surface area contributed by atoms with Crippen LogP contribution in [0.2, 0.25) is 0 Å². The molecule has 0 atom stereocenters. The number of hydrogen-bond acceptors (Lipinski definition) is 7. The second-order valence-electron chi connectivity index (χ2n) is 9.37. The number of aryl methyl sites for hydroxylation is 1. The molecule has 2 heterocycles.